The van der Waals surface area contributed by atoms with Crippen molar-refractivity contribution in [3.63, 3.8) is 0 Å². The van der Waals surface area contributed by atoms with Crippen molar-refractivity contribution in [1.29, 1.82) is 0 Å². The van der Waals surface area contributed by atoms with Gasteiger partial charge in [-0.3, -0.25) is 9.59 Å². The maximum Gasteiger partial charge on any atom is 0.200 e. The van der Waals surface area contributed by atoms with Gasteiger partial charge in [0.15, 0.2) is 5.76 Å². The predicted molar refractivity (Wildman–Crippen MR) is 90.2 cm³/mol. The highest BCUT2D eigenvalue weighted by Gasteiger charge is 2.68. The fraction of sp³-hybridized carbons (Fsp3) is 0.714. The Morgan fingerprint density at radius 2 is 1.88 bits per heavy atom. The first-order chi connectivity index (χ1) is 11.3. The molecule has 0 radical (unpaired) electrons. The Hall–Kier alpha value is -1.38. The number of ketones is 2. The van der Waals surface area contributed by atoms with Gasteiger partial charge in [-0.15, -0.1) is 0 Å². The third kappa shape index (κ3) is 1.46. The van der Waals surface area contributed by atoms with E-state index in [4.69, 9.17) is 0 Å². The van der Waals surface area contributed by atoms with Crippen LogP contribution in [0.1, 0.15) is 52.4 Å². The minimum atomic E-state index is -0.144. The highest BCUT2D eigenvalue weighted by atomic mass is 16.3. The molecule has 0 amide bonds. The maximum atomic E-state index is 12.5. The summed E-state index contributed by atoms with van der Waals surface area (Å²) in [6, 6.07) is 0. The Bertz CT molecular complexity index is 731. The molecule has 0 aliphatic heterocycles. The Kier molecular flexibility index (Phi) is 2.63. The van der Waals surface area contributed by atoms with Gasteiger partial charge in [0.25, 0.3) is 0 Å². The molecule has 5 aliphatic carbocycles. The van der Waals surface area contributed by atoms with Gasteiger partial charge in [-0.1, -0.05) is 20.4 Å². The molecular weight excluding hydrogens is 300 g/mol. The summed E-state index contributed by atoms with van der Waals surface area (Å²) in [5, 5.41) is 10.6. The number of Topliss-reactive ketones (excluding diaryl/α,β-unsaturated/α-hetero) is 2. The summed E-state index contributed by atoms with van der Waals surface area (Å²) in [7, 11) is 0. The van der Waals surface area contributed by atoms with Gasteiger partial charge in [-0.05, 0) is 61.3 Å². The fourth-order valence-electron chi connectivity index (χ4n) is 7.37. The third-order valence-electron chi connectivity index (χ3n) is 8.66. The molecule has 24 heavy (non-hydrogen) atoms. The molecule has 128 valence electrons. The molecule has 3 heteroatoms. The summed E-state index contributed by atoms with van der Waals surface area (Å²) in [6.07, 6.45) is 5.52. The second kappa shape index (κ2) is 4.23. The topological polar surface area (TPSA) is 54.4 Å². The second-order valence-electron chi connectivity index (χ2n) is 9.42. The Morgan fingerprint density at radius 3 is 2.62 bits per heavy atom. The third-order valence-corrected chi connectivity index (χ3v) is 8.66. The van der Waals surface area contributed by atoms with Gasteiger partial charge >= 0.3 is 0 Å². The van der Waals surface area contributed by atoms with Gasteiger partial charge in [0.05, 0.1) is 0 Å². The molecule has 0 aromatic heterocycles. The van der Waals surface area contributed by atoms with Gasteiger partial charge < -0.3 is 5.11 Å². The van der Waals surface area contributed by atoms with Gasteiger partial charge in [0.1, 0.15) is 5.78 Å². The SMILES string of the molecule is C=C1C[C@H]2[C@@H]3CCC(=O)[C@@]3(C)CC[C@@H]2[C@]2(C)C1=C(O)C(=O)[C@H]1CC12. The fourth-order valence-corrected chi connectivity index (χ4v) is 7.37. The molecule has 4 fully saturated rings. The first-order valence-electron chi connectivity index (χ1n) is 9.49. The van der Waals surface area contributed by atoms with E-state index < -0.39 is 0 Å². The quantitative estimate of drug-likeness (QED) is 0.732. The van der Waals surface area contributed by atoms with Crippen LogP contribution in [0.4, 0.5) is 0 Å². The van der Waals surface area contributed by atoms with E-state index in [1.54, 1.807) is 0 Å². The lowest BCUT2D eigenvalue weighted by Crippen LogP contribution is -2.52. The molecule has 5 aliphatic rings. The molecular formula is C21H26O3. The first-order valence-corrected chi connectivity index (χ1v) is 9.49. The van der Waals surface area contributed by atoms with Crippen LogP contribution in [-0.4, -0.2) is 16.7 Å². The summed E-state index contributed by atoms with van der Waals surface area (Å²) in [5.74, 6) is 2.24. The molecule has 7 atom stereocenters. The lowest BCUT2D eigenvalue weighted by atomic mass is 9.46. The van der Waals surface area contributed by atoms with Crippen LogP contribution in [0.3, 0.4) is 0 Å². The number of carbonyl (C=O) groups is 2. The zero-order chi connectivity index (χ0) is 17.0. The van der Waals surface area contributed by atoms with Crippen molar-refractivity contribution in [3.05, 3.63) is 23.5 Å². The predicted octanol–water partition coefficient (Wildman–Crippen LogP) is 4.00. The van der Waals surface area contributed by atoms with Gasteiger partial charge in [-0.2, -0.15) is 0 Å². The van der Waals surface area contributed by atoms with Crippen LogP contribution in [0.2, 0.25) is 0 Å². The average molecular weight is 326 g/mol. The summed E-state index contributed by atoms with van der Waals surface area (Å²) in [5.41, 5.74) is 1.57. The van der Waals surface area contributed by atoms with Crippen LogP contribution >= 0.6 is 0 Å². The van der Waals surface area contributed by atoms with Gasteiger partial charge in [-0.25, -0.2) is 0 Å². The number of aliphatic hydroxyl groups excluding tert-OH is 1. The second-order valence-corrected chi connectivity index (χ2v) is 9.42. The molecule has 5 rings (SSSR count). The summed E-state index contributed by atoms with van der Waals surface area (Å²) in [4.78, 5) is 24.9. The van der Waals surface area contributed by atoms with Crippen LogP contribution < -0.4 is 0 Å². The van der Waals surface area contributed by atoms with Crippen LogP contribution in [0.5, 0.6) is 0 Å². The van der Waals surface area contributed by atoms with Crippen molar-refractivity contribution in [2.24, 2.45) is 40.4 Å². The molecule has 1 unspecified atom stereocenters. The van der Waals surface area contributed by atoms with Crippen LogP contribution in [0.15, 0.2) is 23.5 Å². The zero-order valence-electron chi connectivity index (χ0n) is 14.6. The standard InChI is InChI=1S/C21H26O3/c1-10-8-11-13-4-5-16(22)20(13,2)7-6-14(11)21(3)15-9-12(15)18(23)19(24)17(10)21/h11-15,24H,1,4-9H2,2-3H3/t11-,12-,13-,14-,15?,20-,21-/m0/s1. The van der Waals surface area contributed by atoms with E-state index in [2.05, 4.69) is 20.4 Å². The smallest absolute Gasteiger partial charge is 0.200 e. The van der Waals surface area contributed by atoms with Crippen LogP contribution in [0, 0.1) is 40.4 Å². The van der Waals surface area contributed by atoms with Crippen LogP contribution in [-0.2, 0) is 9.59 Å². The van der Waals surface area contributed by atoms with E-state index in [0.29, 0.717) is 29.5 Å². The molecule has 3 nitrogen and oxygen atoms in total. The van der Waals surface area contributed by atoms with E-state index in [0.717, 1.165) is 49.7 Å². The summed E-state index contributed by atoms with van der Waals surface area (Å²) < 4.78 is 0. The molecule has 0 aromatic rings. The first kappa shape index (κ1) is 14.9. The Balaban J connectivity index is 1.63. The minimum absolute atomic E-state index is 0.00975. The van der Waals surface area contributed by atoms with E-state index in [1.165, 1.54) is 0 Å². The lowest BCUT2D eigenvalue weighted by Gasteiger charge is -2.57. The number of hydrogen-bond acceptors (Lipinski definition) is 3. The summed E-state index contributed by atoms with van der Waals surface area (Å²) in [6.45, 7) is 8.73. The zero-order valence-corrected chi connectivity index (χ0v) is 14.6. The number of allylic oxidation sites excluding steroid dienone is 2. The van der Waals surface area contributed by atoms with E-state index in [-0.39, 0.29) is 28.3 Å². The Labute approximate surface area is 143 Å². The van der Waals surface area contributed by atoms with E-state index in [1.807, 2.05) is 0 Å². The van der Waals surface area contributed by atoms with Gasteiger partial charge in [0.2, 0.25) is 5.78 Å². The number of rotatable bonds is 0. The highest BCUT2D eigenvalue weighted by Crippen LogP contribution is 2.71. The normalized spacial score (nSPS) is 52.6. The van der Waals surface area contributed by atoms with Crippen LogP contribution in [0.25, 0.3) is 0 Å². The van der Waals surface area contributed by atoms with E-state index >= 15 is 0 Å². The van der Waals surface area contributed by atoms with Crippen molar-refractivity contribution in [1.82, 2.24) is 0 Å². The van der Waals surface area contributed by atoms with E-state index in [9.17, 15) is 14.7 Å². The molecule has 1 N–H and O–H groups in total. The number of hydrogen-bond donors (Lipinski definition) is 1. The molecule has 0 heterocycles. The number of aliphatic hydroxyl groups is 1. The van der Waals surface area contributed by atoms with Crippen molar-refractivity contribution in [3.8, 4) is 0 Å². The molecule has 0 aromatic carbocycles. The lowest BCUT2D eigenvalue weighted by molar-refractivity contribution is -0.132. The van der Waals surface area contributed by atoms with Gasteiger partial charge in [0, 0.05) is 28.7 Å². The molecule has 0 saturated heterocycles. The summed E-state index contributed by atoms with van der Waals surface area (Å²) >= 11 is 0. The average Bonchev–Trinajstić information content (AvgIpc) is 3.27. The number of carbonyl (C=O) groups excluding carboxylic acids is 2. The Morgan fingerprint density at radius 1 is 1.12 bits per heavy atom. The minimum Gasteiger partial charge on any atom is -0.504 e. The highest BCUT2D eigenvalue weighted by molar-refractivity contribution is 6.00. The molecule has 0 spiro atoms. The maximum absolute atomic E-state index is 12.5. The largest absolute Gasteiger partial charge is 0.504 e. The van der Waals surface area contributed by atoms with Crippen molar-refractivity contribution >= 4 is 11.6 Å². The number of fused-ring (bicyclic) bond motifs is 7. The molecule has 0 bridgehead atoms. The van der Waals surface area contributed by atoms with Crippen molar-refractivity contribution in [2.45, 2.75) is 52.4 Å². The monoisotopic (exact) mass is 326 g/mol. The van der Waals surface area contributed by atoms with Crippen molar-refractivity contribution < 1.29 is 14.7 Å². The van der Waals surface area contributed by atoms with Crippen molar-refractivity contribution in [2.75, 3.05) is 0 Å². The molecule has 4 saturated carbocycles.